The highest BCUT2D eigenvalue weighted by atomic mass is 15.3. The molecule has 2 rings (SSSR count). The van der Waals surface area contributed by atoms with Crippen LogP contribution in [-0.2, 0) is 0 Å². The zero-order chi connectivity index (χ0) is 10.7. The van der Waals surface area contributed by atoms with E-state index in [1.807, 2.05) is 0 Å². The maximum atomic E-state index is 4.98. The van der Waals surface area contributed by atoms with Gasteiger partial charge in [0.05, 0.1) is 5.66 Å². The van der Waals surface area contributed by atoms with Crippen molar-refractivity contribution in [3.63, 3.8) is 0 Å². The number of hydrogen-bond acceptors (Lipinski definition) is 1. The maximum absolute atomic E-state index is 4.98. The van der Waals surface area contributed by atoms with Gasteiger partial charge in [-0.1, -0.05) is 13.3 Å². The number of nitrogens with zero attached hydrogens (tertiary/aromatic N) is 2. The Balaban J connectivity index is 2.08. The zero-order valence-corrected chi connectivity index (χ0v) is 10.3. The van der Waals surface area contributed by atoms with Gasteiger partial charge in [-0.3, -0.25) is 4.90 Å². The molecule has 0 bridgehead atoms. The molecule has 2 nitrogen and oxygen atoms in total. The molecule has 1 radical (unpaired) electrons. The average Bonchev–Trinajstić information content (AvgIpc) is 2.30. The third-order valence-electron chi connectivity index (χ3n) is 4.30. The number of piperidine rings is 2. The molecule has 2 fully saturated rings. The molecule has 0 aromatic carbocycles. The first kappa shape index (κ1) is 11.4. The maximum Gasteiger partial charge on any atom is 0.0873 e. The largest absolute Gasteiger partial charge is 0.282 e. The second-order valence-corrected chi connectivity index (χ2v) is 5.21. The van der Waals surface area contributed by atoms with E-state index in [1.165, 1.54) is 51.5 Å². The highest BCUT2D eigenvalue weighted by molar-refractivity contribution is 4.93. The van der Waals surface area contributed by atoms with Crippen molar-refractivity contribution in [3.8, 4) is 0 Å². The quantitative estimate of drug-likeness (QED) is 0.683. The number of hydrogen-bond donors (Lipinski definition) is 0. The number of likely N-dealkylation sites (tertiary alicyclic amines) is 1. The van der Waals surface area contributed by atoms with Gasteiger partial charge in [-0.05, 0) is 45.4 Å². The Kier molecular flexibility index (Phi) is 3.68. The summed E-state index contributed by atoms with van der Waals surface area (Å²) >= 11 is 0. The standard InChI is InChI=1S/C13H25N2/c1-3-13(9-5-6-10-14-13)15-11-7-4-8-12(15)2/h12H,3-11H2,1-2H3. The van der Waals surface area contributed by atoms with E-state index in [-0.39, 0.29) is 5.66 Å². The smallest absolute Gasteiger partial charge is 0.0873 e. The van der Waals surface area contributed by atoms with Crippen molar-refractivity contribution in [2.24, 2.45) is 0 Å². The molecular formula is C13H25N2. The van der Waals surface area contributed by atoms with Gasteiger partial charge in [-0.15, -0.1) is 0 Å². The van der Waals surface area contributed by atoms with Gasteiger partial charge >= 0.3 is 0 Å². The van der Waals surface area contributed by atoms with Gasteiger partial charge in [0.2, 0.25) is 0 Å². The highest BCUT2D eigenvalue weighted by Crippen LogP contribution is 2.33. The van der Waals surface area contributed by atoms with Crippen molar-refractivity contribution in [1.29, 1.82) is 0 Å². The first-order chi connectivity index (χ1) is 7.28. The molecule has 0 saturated carbocycles. The lowest BCUT2D eigenvalue weighted by Gasteiger charge is -2.50. The van der Waals surface area contributed by atoms with Crippen molar-refractivity contribution < 1.29 is 0 Å². The van der Waals surface area contributed by atoms with E-state index in [4.69, 9.17) is 5.32 Å². The Bertz CT molecular complexity index is 197. The SMILES string of the molecule is CCC1(N2CCCCC2C)CCCC[N]1. The van der Waals surface area contributed by atoms with E-state index < -0.39 is 0 Å². The van der Waals surface area contributed by atoms with Crippen molar-refractivity contribution in [2.45, 2.75) is 70.5 Å². The molecule has 87 valence electrons. The molecule has 0 aromatic rings. The van der Waals surface area contributed by atoms with Crippen LogP contribution >= 0.6 is 0 Å². The fourth-order valence-corrected chi connectivity index (χ4v) is 3.33. The Labute approximate surface area is 94.4 Å². The summed E-state index contributed by atoms with van der Waals surface area (Å²) in [5.74, 6) is 0. The Morgan fingerprint density at radius 1 is 1.27 bits per heavy atom. The molecule has 2 atom stereocenters. The molecule has 2 unspecified atom stereocenters. The van der Waals surface area contributed by atoms with Gasteiger partial charge in [0, 0.05) is 19.1 Å². The monoisotopic (exact) mass is 209 g/mol. The van der Waals surface area contributed by atoms with Crippen molar-refractivity contribution in [2.75, 3.05) is 13.1 Å². The second-order valence-electron chi connectivity index (χ2n) is 5.21. The topological polar surface area (TPSA) is 17.3 Å². The Morgan fingerprint density at radius 3 is 2.73 bits per heavy atom. The summed E-state index contributed by atoms with van der Waals surface area (Å²) in [6, 6.07) is 0.751. The van der Waals surface area contributed by atoms with Crippen LogP contribution in [0.15, 0.2) is 0 Å². The summed E-state index contributed by atoms with van der Waals surface area (Å²) < 4.78 is 0. The summed E-state index contributed by atoms with van der Waals surface area (Å²) in [6.07, 6.45) is 9.35. The minimum absolute atomic E-state index is 0.220. The predicted octanol–water partition coefficient (Wildman–Crippen LogP) is 2.76. The first-order valence-corrected chi connectivity index (χ1v) is 6.74. The van der Waals surface area contributed by atoms with Crippen LogP contribution in [0.5, 0.6) is 0 Å². The van der Waals surface area contributed by atoms with E-state index in [2.05, 4.69) is 18.7 Å². The van der Waals surface area contributed by atoms with Crippen molar-refractivity contribution in [1.82, 2.24) is 10.2 Å². The van der Waals surface area contributed by atoms with E-state index in [1.54, 1.807) is 0 Å². The summed E-state index contributed by atoms with van der Waals surface area (Å²) in [7, 11) is 0. The van der Waals surface area contributed by atoms with Crippen molar-refractivity contribution in [3.05, 3.63) is 0 Å². The van der Waals surface area contributed by atoms with Crippen LogP contribution in [0.1, 0.15) is 58.8 Å². The lowest BCUT2D eigenvalue weighted by molar-refractivity contribution is -0.0246. The molecule has 2 aliphatic rings. The van der Waals surface area contributed by atoms with Crippen LogP contribution < -0.4 is 5.32 Å². The van der Waals surface area contributed by atoms with Crippen LogP contribution in [0.4, 0.5) is 0 Å². The Morgan fingerprint density at radius 2 is 2.13 bits per heavy atom. The minimum Gasteiger partial charge on any atom is -0.282 e. The van der Waals surface area contributed by atoms with Crippen LogP contribution in [0, 0.1) is 0 Å². The minimum atomic E-state index is 0.220. The van der Waals surface area contributed by atoms with Gasteiger partial charge in [-0.2, -0.15) is 0 Å². The summed E-state index contributed by atoms with van der Waals surface area (Å²) in [5.41, 5.74) is 0.220. The van der Waals surface area contributed by atoms with E-state index >= 15 is 0 Å². The lowest BCUT2D eigenvalue weighted by atomic mass is 9.89. The molecule has 2 heterocycles. The van der Waals surface area contributed by atoms with Gasteiger partial charge in [0.1, 0.15) is 0 Å². The first-order valence-electron chi connectivity index (χ1n) is 6.74. The van der Waals surface area contributed by atoms with Gasteiger partial charge in [0.15, 0.2) is 0 Å². The van der Waals surface area contributed by atoms with Gasteiger partial charge < -0.3 is 0 Å². The second kappa shape index (κ2) is 4.84. The van der Waals surface area contributed by atoms with Crippen LogP contribution in [0.2, 0.25) is 0 Å². The van der Waals surface area contributed by atoms with Crippen LogP contribution in [0.3, 0.4) is 0 Å². The fraction of sp³-hybridized carbons (Fsp3) is 1.00. The Hall–Kier alpha value is -0.0800. The zero-order valence-electron chi connectivity index (χ0n) is 10.3. The predicted molar refractivity (Wildman–Crippen MR) is 63.9 cm³/mol. The lowest BCUT2D eigenvalue weighted by Crippen LogP contribution is -2.61. The fourth-order valence-electron chi connectivity index (χ4n) is 3.33. The molecular weight excluding hydrogens is 184 g/mol. The van der Waals surface area contributed by atoms with Crippen molar-refractivity contribution >= 4 is 0 Å². The molecule has 0 amide bonds. The average molecular weight is 209 g/mol. The molecule has 2 aliphatic heterocycles. The number of rotatable bonds is 2. The molecule has 0 aromatic heterocycles. The molecule has 0 N–H and O–H groups in total. The molecule has 0 spiro atoms. The van der Waals surface area contributed by atoms with Crippen LogP contribution in [0.25, 0.3) is 0 Å². The third kappa shape index (κ3) is 2.21. The van der Waals surface area contributed by atoms with Gasteiger partial charge in [-0.25, -0.2) is 5.32 Å². The van der Waals surface area contributed by atoms with E-state index in [9.17, 15) is 0 Å². The van der Waals surface area contributed by atoms with E-state index in [0.717, 1.165) is 12.6 Å². The highest BCUT2D eigenvalue weighted by Gasteiger charge is 2.40. The normalized spacial score (nSPS) is 39.2. The molecule has 2 saturated heterocycles. The third-order valence-corrected chi connectivity index (χ3v) is 4.30. The molecule has 2 heteroatoms. The molecule has 0 aliphatic carbocycles. The molecule has 15 heavy (non-hydrogen) atoms. The van der Waals surface area contributed by atoms with Gasteiger partial charge in [0.25, 0.3) is 0 Å². The summed E-state index contributed by atoms with van der Waals surface area (Å²) in [6.45, 7) is 7.08. The summed E-state index contributed by atoms with van der Waals surface area (Å²) in [4.78, 5) is 2.70. The van der Waals surface area contributed by atoms with Crippen LogP contribution in [-0.4, -0.2) is 29.7 Å². The summed E-state index contributed by atoms with van der Waals surface area (Å²) in [5, 5.41) is 4.98. The van der Waals surface area contributed by atoms with E-state index in [0.29, 0.717) is 0 Å².